The Balaban J connectivity index is 4.07. The fraction of sp³-hybridized carbons (Fsp3) is 0.750. The molecule has 6 nitrogen and oxygen atoms in total. The summed E-state index contributed by atoms with van der Waals surface area (Å²) in [5.41, 5.74) is 15.7. The van der Waals surface area contributed by atoms with E-state index in [1.807, 2.05) is 0 Å². The van der Waals surface area contributed by atoms with Crippen molar-refractivity contribution in [1.82, 2.24) is 0 Å². The summed E-state index contributed by atoms with van der Waals surface area (Å²) in [6, 6.07) is -0.953. The molecule has 0 aromatic heterocycles. The highest BCUT2D eigenvalue weighted by atomic mass is 16.4. The van der Waals surface area contributed by atoms with E-state index < -0.39 is 17.9 Å². The second kappa shape index (κ2) is 6.33. The smallest absolute Gasteiger partial charge is 0.320 e. The molecule has 7 N–H and O–H groups in total. The third kappa shape index (κ3) is 5.50. The predicted octanol–water partition coefficient (Wildman–Crippen LogP) is -1.37. The number of aliphatic carboxylic acids is 1. The van der Waals surface area contributed by atoms with Crippen molar-refractivity contribution in [2.75, 3.05) is 6.54 Å². The van der Waals surface area contributed by atoms with Gasteiger partial charge in [0.2, 0.25) is 5.91 Å². The standard InChI is InChI=1S/C8H17N3O3/c9-2-1-5(4-7(11)12)3-6(10)8(13)14/h5-6H,1-4,9-10H2,(H2,11,12)(H,13,14)/t5?,6-/m0/s1. The zero-order valence-electron chi connectivity index (χ0n) is 7.98. The fourth-order valence-corrected chi connectivity index (χ4v) is 1.28. The van der Waals surface area contributed by atoms with E-state index in [1.54, 1.807) is 0 Å². The number of hydrogen-bond acceptors (Lipinski definition) is 4. The molecule has 0 aliphatic rings. The molecule has 82 valence electrons. The van der Waals surface area contributed by atoms with Gasteiger partial charge in [-0.05, 0) is 25.3 Å². The largest absolute Gasteiger partial charge is 0.480 e. The highest BCUT2D eigenvalue weighted by molar-refractivity contribution is 5.75. The number of primary amides is 1. The van der Waals surface area contributed by atoms with Crippen LogP contribution in [0.4, 0.5) is 0 Å². The number of carboxylic acid groups (broad SMARTS) is 1. The Hall–Kier alpha value is -1.14. The zero-order chi connectivity index (χ0) is 11.1. The minimum Gasteiger partial charge on any atom is -0.480 e. The second-order valence-corrected chi connectivity index (χ2v) is 3.29. The van der Waals surface area contributed by atoms with E-state index in [-0.39, 0.29) is 18.8 Å². The molecule has 0 aliphatic carbocycles. The molecule has 1 amide bonds. The third-order valence-corrected chi connectivity index (χ3v) is 1.97. The van der Waals surface area contributed by atoms with Gasteiger partial charge in [0.15, 0.2) is 0 Å². The number of carboxylic acids is 1. The molecule has 14 heavy (non-hydrogen) atoms. The molecule has 2 atom stereocenters. The molecule has 0 rings (SSSR count). The van der Waals surface area contributed by atoms with Gasteiger partial charge in [-0.3, -0.25) is 9.59 Å². The van der Waals surface area contributed by atoms with E-state index >= 15 is 0 Å². The van der Waals surface area contributed by atoms with Crippen molar-refractivity contribution in [2.45, 2.75) is 25.3 Å². The zero-order valence-corrected chi connectivity index (χ0v) is 7.98. The minimum atomic E-state index is -1.07. The average Bonchev–Trinajstić information content (AvgIpc) is 2.02. The predicted molar refractivity (Wildman–Crippen MR) is 51.2 cm³/mol. The Labute approximate surface area is 82.4 Å². The van der Waals surface area contributed by atoms with Gasteiger partial charge in [0.25, 0.3) is 0 Å². The van der Waals surface area contributed by atoms with Gasteiger partial charge >= 0.3 is 5.97 Å². The lowest BCUT2D eigenvalue weighted by Crippen LogP contribution is -2.34. The summed E-state index contributed by atoms with van der Waals surface area (Å²) < 4.78 is 0. The van der Waals surface area contributed by atoms with E-state index in [0.717, 1.165) is 0 Å². The van der Waals surface area contributed by atoms with E-state index in [2.05, 4.69) is 0 Å². The van der Waals surface area contributed by atoms with Crippen LogP contribution in [0.5, 0.6) is 0 Å². The molecule has 0 aromatic rings. The molecule has 0 saturated carbocycles. The highest BCUT2D eigenvalue weighted by Gasteiger charge is 2.19. The Morgan fingerprint density at radius 1 is 1.36 bits per heavy atom. The Bertz CT molecular complexity index is 208. The first-order valence-electron chi connectivity index (χ1n) is 4.44. The summed E-state index contributed by atoms with van der Waals surface area (Å²) in [5, 5.41) is 8.56. The topological polar surface area (TPSA) is 132 Å². The quantitative estimate of drug-likeness (QED) is 0.405. The molecule has 0 heterocycles. The lowest BCUT2D eigenvalue weighted by molar-refractivity contribution is -0.139. The van der Waals surface area contributed by atoms with Crippen molar-refractivity contribution >= 4 is 11.9 Å². The second-order valence-electron chi connectivity index (χ2n) is 3.29. The van der Waals surface area contributed by atoms with Gasteiger partial charge in [-0.2, -0.15) is 0 Å². The molecule has 0 fully saturated rings. The van der Waals surface area contributed by atoms with Crippen LogP contribution in [-0.4, -0.2) is 29.6 Å². The molecule has 6 heteroatoms. The third-order valence-electron chi connectivity index (χ3n) is 1.97. The fourth-order valence-electron chi connectivity index (χ4n) is 1.28. The summed E-state index contributed by atoms with van der Waals surface area (Å²) in [7, 11) is 0. The van der Waals surface area contributed by atoms with Gasteiger partial charge in [-0.25, -0.2) is 0 Å². The van der Waals surface area contributed by atoms with E-state index in [4.69, 9.17) is 22.3 Å². The van der Waals surface area contributed by atoms with Gasteiger partial charge in [0, 0.05) is 6.42 Å². The first-order chi connectivity index (χ1) is 6.47. The van der Waals surface area contributed by atoms with Crippen molar-refractivity contribution in [3.8, 4) is 0 Å². The molecular formula is C8H17N3O3. The first kappa shape index (κ1) is 12.9. The number of amides is 1. The van der Waals surface area contributed by atoms with Crippen LogP contribution in [0.2, 0.25) is 0 Å². The summed E-state index contributed by atoms with van der Waals surface area (Å²) in [6.07, 6.45) is 0.928. The summed E-state index contributed by atoms with van der Waals surface area (Å²) in [5.74, 6) is -1.67. The van der Waals surface area contributed by atoms with Gasteiger partial charge < -0.3 is 22.3 Å². The lowest BCUT2D eigenvalue weighted by Gasteiger charge is -2.16. The molecule has 0 saturated heterocycles. The molecule has 0 aromatic carbocycles. The first-order valence-corrected chi connectivity index (χ1v) is 4.44. The van der Waals surface area contributed by atoms with Crippen LogP contribution in [0.1, 0.15) is 19.3 Å². The normalized spacial score (nSPS) is 14.7. The van der Waals surface area contributed by atoms with Crippen LogP contribution in [0.25, 0.3) is 0 Å². The van der Waals surface area contributed by atoms with Crippen molar-refractivity contribution < 1.29 is 14.7 Å². The summed E-state index contributed by atoms with van der Waals surface area (Å²) >= 11 is 0. The number of nitrogens with two attached hydrogens (primary N) is 3. The Morgan fingerprint density at radius 3 is 2.29 bits per heavy atom. The lowest BCUT2D eigenvalue weighted by atomic mass is 9.93. The van der Waals surface area contributed by atoms with Crippen LogP contribution >= 0.6 is 0 Å². The van der Waals surface area contributed by atoms with Gasteiger partial charge in [-0.15, -0.1) is 0 Å². The SMILES string of the molecule is NCCC(CC(N)=O)C[C@H](N)C(=O)O. The molecule has 0 bridgehead atoms. The van der Waals surface area contributed by atoms with Crippen molar-refractivity contribution in [1.29, 1.82) is 0 Å². The van der Waals surface area contributed by atoms with Crippen LogP contribution in [-0.2, 0) is 9.59 Å². The van der Waals surface area contributed by atoms with E-state index in [1.165, 1.54) is 0 Å². The number of carbonyl (C=O) groups excluding carboxylic acids is 1. The monoisotopic (exact) mass is 203 g/mol. The van der Waals surface area contributed by atoms with Crippen LogP contribution in [0.15, 0.2) is 0 Å². The van der Waals surface area contributed by atoms with Gasteiger partial charge in [0.1, 0.15) is 6.04 Å². The molecule has 1 unspecified atom stereocenters. The Morgan fingerprint density at radius 2 is 1.93 bits per heavy atom. The van der Waals surface area contributed by atoms with Crippen LogP contribution in [0, 0.1) is 5.92 Å². The molecule has 0 spiro atoms. The minimum absolute atomic E-state index is 0.136. The summed E-state index contributed by atoms with van der Waals surface area (Å²) in [6.45, 7) is 0.393. The van der Waals surface area contributed by atoms with Crippen LogP contribution < -0.4 is 17.2 Å². The van der Waals surface area contributed by atoms with E-state index in [0.29, 0.717) is 13.0 Å². The summed E-state index contributed by atoms with van der Waals surface area (Å²) in [4.78, 5) is 21.1. The highest BCUT2D eigenvalue weighted by Crippen LogP contribution is 2.14. The maximum absolute atomic E-state index is 10.6. The molecule has 0 aliphatic heterocycles. The van der Waals surface area contributed by atoms with Crippen LogP contribution in [0.3, 0.4) is 0 Å². The molecule has 0 radical (unpaired) electrons. The average molecular weight is 203 g/mol. The van der Waals surface area contributed by atoms with E-state index in [9.17, 15) is 9.59 Å². The maximum atomic E-state index is 10.6. The van der Waals surface area contributed by atoms with Gasteiger partial charge in [0.05, 0.1) is 0 Å². The number of carbonyl (C=O) groups is 2. The van der Waals surface area contributed by atoms with Crippen molar-refractivity contribution in [3.05, 3.63) is 0 Å². The van der Waals surface area contributed by atoms with Gasteiger partial charge in [-0.1, -0.05) is 0 Å². The van der Waals surface area contributed by atoms with Crippen molar-refractivity contribution in [3.63, 3.8) is 0 Å². The number of hydrogen-bond donors (Lipinski definition) is 4. The Kier molecular flexibility index (Phi) is 5.82. The van der Waals surface area contributed by atoms with Crippen molar-refractivity contribution in [2.24, 2.45) is 23.1 Å². The maximum Gasteiger partial charge on any atom is 0.320 e. The molecular weight excluding hydrogens is 186 g/mol. The number of rotatable bonds is 7.